The SMILES string of the molecule is O=C1C(=C2C(O)=CC(N(c3ccccc3)c3ccccc3)C=C2O)C([O-])=C1c1c(O)cc(N(c2ccccc2)c2ccccc2)cc1O. The number of nitrogens with zero attached hydrogens (tertiary/aromatic N) is 2. The van der Waals surface area contributed by atoms with E-state index in [0.29, 0.717) is 5.69 Å². The number of carbonyl (C=O) groups is 1. The third kappa shape index (κ3) is 5.21. The van der Waals surface area contributed by atoms with Crippen LogP contribution in [0.4, 0.5) is 28.4 Å². The van der Waals surface area contributed by atoms with E-state index in [1.165, 1.54) is 24.3 Å². The summed E-state index contributed by atoms with van der Waals surface area (Å²) in [4.78, 5) is 17.3. The lowest BCUT2D eigenvalue weighted by Gasteiger charge is -2.36. The van der Waals surface area contributed by atoms with Gasteiger partial charge in [0.15, 0.2) is 5.78 Å². The van der Waals surface area contributed by atoms with Crippen LogP contribution in [0.2, 0.25) is 0 Å². The van der Waals surface area contributed by atoms with Crippen molar-refractivity contribution in [1.29, 1.82) is 0 Å². The number of phenols is 2. The first-order chi connectivity index (χ1) is 23.3. The molecule has 0 aliphatic heterocycles. The summed E-state index contributed by atoms with van der Waals surface area (Å²) < 4.78 is 0. The first-order valence-corrected chi connectivity index (χ1v) is 15.2. The smallest absolute Gasteiger partial charge is 0.193 e. The number of ketones is 1. The predicted octanol–water partition coefficient (Wildman–Crippen LogP) is 7.62. The van der Waals surface area contributed by atoms with Crippen molar-refractivity contribution in [2.24, 2.45) is 0 Å². The number of aliphatic hydroxyl groups excluding tert-OH is 2. The van der Waals surface area contributed by atoms with Gasteiger partial charge in [-0.3, -0.25) is 4.79 Å². The Morgan fingerprint density at radius 1 is 0.500 bits per heavy atom. The molecule has 5 aromatic carbocycles. The van der Waals surface area contributed by atoms with Crippen LogP contribution in [0.5, 0.6) is 11.5 Å². The molecule has 8 nitrogen and oxygen atoms in total. The molecule has 5 aromatic rings. The lowest BCUT2D eigenvalue weighted by atomic mass is 9.78. The van der Waals surface area contributed by atoms with Crippen molar-refractivity contribution in [3.05, 3.63) is 180 Å². The van der Waals surface area contributed by atoms with Gasteiger partial charge >= 0.3 is 0 Å². The molecule has 48 heavy (non-hydrogen) atoms. The number of allylic oxidation sites excluding steroid dienone is 2. The largest absolute Gasteiger partial charge is 0.871 e. The van der Waals surface area contributed by atoms with Crippen molar-refractivity contribution in [2.75, 3.05) is 9.80 Å². The van der Waals surface area contributed by atoms with Gasteiger partial charge in [-0.05, 0) is 60.7 Å². The molecule has 8 heteroatoms. The number of para-hydroxylation sites is 4. The highest BCUT2D eigenvalue weighted by Gasteiger charge is 2.38. The second kappa shape index (κ2) is 12.3. The Kier molecular flexibility index (Phi) is 7.67. The van der Waals surface area contributed by atoms with Crippen LogP contribution in [0.15, 0.2) is 174 Å². The topological polar surface area (TPSA) is 128 Å². The highest BCUT2D eigenvalue weighted by atomic mass is 16.3. The van der Waals surface area contributed by atoms with Gasteiger partial charge in [0.05, 0.1) is 22.9 Å². The van der Waals surface area contributed by atoms with Crippen molar-refractivity contribution in [1.82, 2.24) is 0 Å². The second-order valence-electron chi connectivity index (χ2n) is 11.3. The number of Topliss-reactive ketones (excluding diaryl/α,β-unsaturated/α-hetero) is 1. The van der Waals surface area contributed by atoms with E-state index in [9.17, 15) is 30.3 Å². The molecule has 0 aromatic heterocycles. The fourth-order valence-electron chi connectivity index (χ4n) is 6.18. The zero-order valence-electron chi connectivity index (χ0n) is 25.4. The molecule has 0 saturated heterocycles. The molecule has 7 rings (SSSR count). The van der Waals surface area contributed by atoms with Crippen LogP contribution in [0, 0.1) is 0 Å². The molecule has 2 aliphatic rings. The number of anilines is 5. The van der Waals surface area contributed by atoms with Gasteiger partial charge in [0, 0.05) is 46.0 Å². The quantitative estimate of drug-likeness (QED) is 0.135. The van der Waals surface area contributed by atoms with Gasteiger partial charge < -0.3 is 35.3 Å². The Labute approximate surface area is 276 Å². The summed E-state index contributed by atoms with van der Waals surface area (Å²) >= 11 is 0. The number of phenolic OH excluding ortho intramolecular Hbond substituents is 2. The summed E-state index contributed by atoms with van der Waals surface area (Å²) in [6, 6.07) is 39.5. The van der Waals surface area contributed by atoms with E-state index in [-0.39, 0.29) is 11.1 Å². The summed E-state index contributed by atoms with van der Waals surface area (Å²) in [5.74, 6) is -3.50. The summed E-state index contributed by atoms with van der Waals surface area (Å²) in [6.45, 7) is 0. The molecule has 0 fully saturated rings. The first-order valence-electron chi connectivity index (χ1n) is 15.2. The van der Waals surface area contributed by atoms with Gasteiger partial charge in [-0.1, -0.05) is 78.6 Å². The molecular formula is C40H29N2O6-. The van der Waals surface area contributed by atoms with Crippen LogP contribution in [0.3, 0.4) is 0 Å². The fourth-order valence-corrected chi connectivity index (χ4v) is 6.18. The Hall–Kier alpha value is -6.67. The Morgan fingerprint density at radius 2 is 0.896 bits per heavy atom. The number of rotatable bonds is 7. The van der Waals surface area contributed by atoms with E-state index in [1.54, 1.807) is 0 Å². The summed E-state index contributed by atoms with van der Waals surface area (Å²) in [5.41, 5.74) is 1.98. The van der Waals surface area contributed by atoms with Crippen molar-refractivity contribution in [2.45, 2.75) is 6.04 Å². The zero-order chi connectivity index (χ0) is 33.4. The maximum absolute atomic E-state index is 13.6. The Balaban J connectivity index is 1.26. The highest BCUT2D eigenvalue weighted by Crippen LogP contribution is 2.49. The minimum atomic E-state index is -0.822. The van der Waals surface area contributed by atoms with Gasteiger partial charge in [0.25, 0.3) is 0 Å². The van der Waals surface area contributed by atoms with Crippen molar-refractivity contribution < 1.29 is 30.3 Å². The molecule has 0 radical (unpaired) electrons. The lowest BCUT2D eigenvalue weighted by Crippen LogP contribution is -2.34. The predicted molar refractivity (Wildman–Crippen MR) is 184 cm³/mol. The second-order valence-corrected chi connectivity index (χ2v) is 11.3. The molecule has 0 amide bonds. The van der Waals surface area contributed by atoms with Gasteiger partial charge in [-0.25, -0.2) is 0 Å². The number of hydrogen-bond acceptors (Lipinski definition) is 8. The molecule has 236 valence electrons. The van der Waals surface area contributed by atoms with Crippen molar-refractivity contribution in [3.8, 4) is 11.5 Å². The summed E-state index contributed by atoms with van der Waals surface area (Å²) in [7, 11) is 0. The number of hydrogen-bond donors (Lipinski definition) is 4. The molecule has 0 unspecified atom stereocenters. The van der Waals surface area contributed by atoms with Crippen molar-refractivity contribution in [3.63, 3.8) is 0 Å². The van der Waals surface area contributed by atoms with Gasteiger partial charge in [0.2, 0.25) is 0 Å². The van der Waals surface area contributed by atoms with Crippen molar-refractivity contribution >= 4 is 39.8 Å². The van der Waals surface area contributed by atoms with Gasteiger partial charge in [0.1, 0.15) is 23.0 Å². The van der Waals surface area contributed by atoms with E-state index in [2.05, 4.69) is 0 Å². The average molecular weight is 634 g/mol. The van der Waals surface area contributed by atoms with E-state index >= 15 is 0 Å². The van der Waals surface area contributed by atoms with Gasteiger partial charge in [-0.15, -0.1) is 0 Å². The monoisotopic (exact) mass is 633 g/mol. The number of aromatic hydroxyl groups is 2. The summed E-state index contributed by atoms with van der Waals surface area (Å²) in [6.07, 6.45) is 2.90. The average Bonchev–Trinajstić information content (AvgIpc) is 3.10. The molecule has 0 atom stereocenters. The van der Waals surface area contributed by atoms with Crippen LogP contribution in [-0.4, -0.2) is 32.3 Å². The zero-order valence-corrected chi connectivity index (χ0v) is 25.4. The van der Waals surface area contributed by atoms with E-state index < -0.39 is 51.7 Å². The molecule has 2 aliphatic carbocycles. The first kappa shape index (κ1) is 30.0. The maximum Gasteiger partial charge on any atom is 0.193 e. The van der Waals surface area contributed by atoms with Crippen LogP contribution in [0.1, 0.15) is 5.56 Å². The number of aliphatic hydroxyl groups is 2. The molecular weight excluding hydrogens is 604 g/mol. The van der Waals surface area contributed by atoms with Crippen LogP contribution in [-0.2, 0) is 4.79 Å². The normalized spacial score (nSPS) is 15.8. The fraction of sp³-hybridized carbons (Fsp3) is 0.0250. The standard InChI is InChI=1S/C40H30N2O6/c43-31-21-29(41(25-13-5-1-6-14-25)26-15-7-2-8-16-26)22-32(44)35(31)37-39(47)38(40(37)48)36-33(45)23-30(24-34(36)46)42(27-17-9-3-10-18-27)28-19-11-4-12-20-28/h1-24,29,43-47H/p-1. The summed E-state index contributed by atoms with van der Waals surface area (Å²) in [5, 5.41) is 58.2. The Bertz CT molecular complexity index is 2020. The third-order valence-corrected chi connectivity index (χ3v) is 8.31. The minimum absolute atomic E-state index is 0.305. The number of carbonyl (C=O) groups excluding carboxylic acids is 1. The maximum atomic E-state index is 13.6. The van der Waals surface area contributed by atoms with Gasteiger partial charge in [-0.2, -0.15) is 0 Å². The highest BCUT2D eigenvalue weighted by molar-refractivity contribution is 6.40. The molecule has 0 bridgehead atoms. The minimum Gasteiger partial charge on any atom is -0.871 e. The van der Waals surface area contributed by atoms with E-state index in [0.717, 1.165) is 22.7 Å². The molecule has 0 heterocycles. The molecule has 0 saturated carbocycles. The molecule has 4 N–H and O–H groups in total. The van der Waals surface area contributed by atoms with Crippen LogP contribution >= 0.6 is 0 Å². The number of benzene rings is 5. The molecule has 0 spiro atoms. The lowest BCUT2D eigenvalue weighted by molar-refractivity contribution is -0.297. The third-order valence-electron chi connectivity index (χ3n) is 8.31. The van der Waals surface area contributed by atoms with E-state index in [4.69, 9.17) is 0 Å². The van der Waals surface area contributed by atoms with Crippen LogP contribution < -0.4 is 14.9 Å². The Morgan fingerprint density at radius 3 is 1.29 bits per heavy atom. The van der Waals surface area contributed by atoms with E-state index in [1.807, 2.05) is 131 Å². The van der Waals surface area contributed by atoms with Crippen LogP contribution in [0.25, 0.3) is 5.57 Å².